The molecule has 2 aromatic heterocycles. The van der Waals surface area contributed by atoms with Crippen LogP contribution in [0.4, 0.5) is 0 Å². The first-order valence-electron chi connectivity index (χ1n) is 5.81. The third-order valence-electron chi connectivity index (χ3n) is 2.54. The number of carboxylic acids is 1. The highest BCUT2D eigenvalue weighted by molar-refractivity contribution is 7.99. The van der Waals surface area contributed by atoms with Crippen molar-refractivity contribution in [1.29, 1.82) is 0 Å². The van der Waals surface area contributed by atoms with Crippen LogP contribution in [-0.2, 0) is 17.8 Å². The van der Waals surface area contributed by atoms with Crippen molar-refractivity contribution in [2.45, 2.75) is 25.0 Å². The molecule has 0 aromatic carbocycles. The van der Waals surface area contributed by atoms with Gasteiger partial charge in [0.05, 0.1) is 5.75 Å². The lowest BCUT2D eigenvalue weighted by Crippen LogP contribution is -2.07. The Morgan fingerprint density at radius 1 is 1.42 bits per heavy atom. The van der Waals surface area contributed by atoms with Crippen LogP contribution in [0, 0.1) is 6.92 Å². The molecular weight excluding hydrogens is 264 g/mol. The van der Waals surface area contributed by atoms with Gasteiger partial charge in [-0.15, -0.1) is 10.2 Å². The van der Waals surface area contributed by atoms with Crippen molar-refractivity contribution in [2.24, 2.45) is 0 Å². The number of carboxylic acid groups (broad SMARTS) is 1. The van der Waals surface area contributed by atoms with Crippen LogP contribution >= 0.6 is 11.8 Å². The number of aliphatic carboxylic acids is 1. The van der Waals surface area contributed by atoms with Gasteiger partial charge >= 0.3 is 5.97 Å². The van der Waals surface area contributed by atoms with Gasteiger partial charge in [0.2, 0.25) is 0 Å². The average Bonchev–Trinajstić information content (AvgIpc) is 2.76. The number of carbonyl (C=O) groups is 1. The van der Waals surface area contributed by atoms with Gasteiger partial charge < -0.3 is 9.67 Å². The van der Waals surface area contributed by atoms with E-state index in [2.05, 4.69) is 15.2 Å². The van der Waals surface area contributed by atoms with Gasteiger partial charge in [0.15, 0.2) is 5.16 Å². The summed E-state index contributed by atoms with van der Waals surface area (Å²) in [5.74, 6) is -0.0902. The molecule has 0 aliphatic rings. The zero-order chi connectivity index (χ0) is 13.7. The van der Waals surface area contributed by atoms with Crippen LogP contribution in [0.1, 0.15) is 11.5 Å². The minimum atomic E-state index is -0.859. The van der Waals surface area contributed by atoms with E-state index >= 15 is 0 Å². The molecule has 0 amide bonds. The number of rotatable bonds is 6. The van der Waals surface area contributed by atoms with Crippen molar-refractivity contribution in [3.63, 3.8) is 0 Å². The summed E-state index contributed by atoms with van der Waals surface area (Å²) < 4.78 is 1.92. The van der Waals surface area contributed by atoms with Crippen molar-refractivity contribution in [3.05, 3.63) is 35.9 Å². The van der Waals surface area contributed by atoms with Crippen LogP contribution in [0.15, 0.2) is 29.6 Å². The second-order valence-corrected chi connectivity index (χ2v) is 4.88. The third kappa shape index (κ3) is 3.78. The number of nitrogens with zero attached hydrogens (tertiary/aromatic N) is 4. The van der Waals surface area contributed by atoms with Gasteiger partial charge in [-0.1, -0.05) is 17.8 Å². The molecule has 2 heterocycles. The Morgan fingerprint density at radius 2 is 2.26 bits per heavy atom. The van der Waals surface area contributed by atoms with E-state index in [1.807, 2.05) is 29.7 Å². The van der Waals surface area contributed by atoms with Gasteiger partial charge in [-0.3, -0.25) is 9.78 Å². The molecule has 0 bridgehead atoms. The van der Waals surface area contributed by atoms with Gasteiger partial charge in [-0.2, -0.15) is 0 Å². The average molecular weight is 278 g/mol. The van der Waals surface area contributed by atoms with Crippen molar-refractivity contribution in [1.82, 2.24) is 19.7 Å². The largest absolute Gasteiger partial charge is 0.481 e. The SMILES string of the molecule is Cc1nnc(SCC(=O)O)n1CCc1ccccn1. The van der Waals surface area contributed by atoms with E-state index in [4.69, 9.17) is 5.11 Å². The Balaban J connectivity index is 2.03. The highest BCUT2D eigenvalue weighted by Crippen LogP contribution is 2.17. The summed E-state index contributed by atoms with van der Waals surface area (Å²) in [6, 6.07) is 5.78. The summed E-state index contributed by atoms with van der Waals surface area (Å²) in [6.45, 7) is 2.55. The fourth-order valence-electron chi connectivity index (χ4n) is 1.62. The zero-order valence-electron chi connectivity index (χ0n) is 10.5. The molecule has 1 N–H and O–H groups in total. The van der Waals surface area contributed by atoms with Crippen molar-refractivity contribution >= 4 is 17.7 Å². The number of aromatic nitrogens is 4. The van der Waals surface area contributed by atoms with Gasteiger partial charge in [-0.25, -0.2) is 0 Å². The monoisotopic (exact) mass is 278 g/mol. The summed E-state index contributed by atoms with van der Waals surface area (Å²) >= 11 is 1.18. The second kappa shape index (κ2) is 6.33. The van der Waals surface area contributed by atoms with Gasteiger partial charge in [0.25, 0.3) is 0 Å². The van der Waals surface area contributed by atoms with E-state index in [1.165, 1.54) is 11.8 Å². The van der Waals surface area contributed by atoms with E-state index in [-0.39, 0.29) is 5.75 Å². The molecule has 0 spiro atoms. The van der Waals surface area contributed by atoms with Crippen molar-refractivity contribution in [2.75, 3.05) is 5.75 Å². The Labute approximate surface area is 114 Å². The van der Waals surface area contributed by atoms with E-state index in [1.54, 1.807) is 6.20 Å². The second-order valence-electron chi connectivity index (χ2n) is 3.93. The maximum atomic E-state index is 10.6. The molecule has 19 heavy (non-hydrogen) atoms. The fourth-order valence-corrected chi connectivity index (χ4v) is 2.35. The highest BCUT2D eigenvalue weighted by atomic mass is 32.2. The van der Waals surface area contributed by atoms with Crippen LogP contribution < -0.4 is 0 Å². The normalized spacial score (nSPS) is 10.6. The lowest BCUT2D eigenvalue weighted by atomic mass is 10.3. The molecule has 0 unspecified atom stereocenters. The Kier molecular flexibility index (Phi) is 4.51. The summed E-state index contributed by atoms with van der Waals surface area (Å²) in [7, 11) is 0. The van der Waals surface area contributed by atoms with Crippen LogP contribution in [0.3, 0.4) is 0 Å². The Morgan fingerprint density at radius 3 is 2.95 bits per heavy atom. The molecule has 2 rings (SSSR count). The molecule has 6 nitrogen and oxygen atoms in total. The number of pyridine rings is 1. The molecule has 0 aliphatic heterocycles. The van der Waals surface area contributed by atoms with E-state index < -0.39 is 5.97 Å². The number of thioether (sulfide) groups is 1. The van der Waals surface area contributed by atoms with Crippen LogP contribution in [0.5, 0.6) is 0 Å². The molecule has 0 radical (unpaired) electrons. The molecule has 100 valence electrons. The lowest BCUT2D eigenvalue weighted by molar-refractivity contribution is -0.133. The summed E-state index contributed by atoms with van der Waals surface area (Å²) in [5.41, 5.74) is 0.991. The maximum Gasteiger partial charge on any atom is 0.313 e. The molecule has 0 aliphatic carbocycles. The lowest BCUT2D eigenvalue weighted by Gasteiger charge is -2.07. The minimum absolute atomic E-state index is 0.0122. The number of aryl methyl sites for hydroxylation is 2. The van der Waals surface area contributed by atoms with Gasteiger partial charge in [0.1, 0.15) is 5.82 Å². The quantitative estimate of drug-likeness (QED) is 0.804. The molecule has 7 heteroatoms. The first-order chi connectivity index (χ1) is 9.16. The van der Waals surface area contributed by atoms with Crippen LogP contribution in [-0.4, -0.2) is 36.6 Å². The number of hydrogen-bond acceptors (Lipinski definition) is 5. The van der Waals surface area contributed by atoms with E-state index in [9.17, 15) is 4.79 Å². The molecule has 0 fully saturated rings. The first kappa shape index (κ1) is 13.5. The first-order valence-corrected chi connectivity index (χ1v) is 6.79. The van der Waals surface area contributed by atoms with Crippen molar-refractivity contribution < 1.29 is 9.90 Å². The molecule has 2 aromatic rings. The number of hydrogen-bond donors (Lipinski definition) is 1. The Bertz CT molecular complexity index is 556. The maximum absolute atomic E-state index is 10.6. The minimum Gasteiger partial charge on any atom is -0.481 e. The van der Waals surface area contributed by atoms with Gasteiger partial charge in [0, 0.05) is 24.9 Å². The topological polar surface area (TPSA) is 80.9 Å². The zero-order valence-corrected chi connectivity index (χ0v) is 11.3. The van der Waals surface area contributed by atoms with Crippen LogP contribution in [0.2, 0.25) is 0 Å². The predicted molar refractivity (Wildman–Crippen MR) is 71.1 cm³/mol. The predicted octanol–water partition coefficient (Wildman–Crippen LogP) is 1.40. The fraction of sp³-hybridized carbons (Fsp3) is 0.333. The Hall–Kier alpha value is -1.89. The van der Waals surface area contributed by atoms with Crippen LogP contribution in [0.25, 0.3) is 0 Å². The standard InChI is InChI=1S/C12H14N4O2S/c1-9-14-15-12(19-8-11(17)18)16(9)7-5-10-4-2-3-6-13-10/h2-4,6H,5,7-8H2,1H3,(H,17,18). The van der Waals surface area contributed by atoms with Crippen molar-refractivity contribution in [3.8, 4) is 0 Å². The van der Waals surface area contributed by atoms with E-state index in [0.29, 0.717) is 11.7 Å². The highest BCUT2D eigenvalue weighted by Gasteiger charge is 2.11. The van der Waals surface area contributed by atoms with E-state index in [0.717, 1.165) is 17.9 Å². The molecule has 0 saturated heterocycles. The third-order valence-corrected chi connectivity index (χ3v) is 3.50. The summed E-state index contributed by atoms with van der Waals surface area (Å²) in [4.78, 5) is 14.8. The summed E-state index contributed by atoms with van der Waals surface area (Å²) in [5, 5.41) is 17.3. The van der Waals surface area contributed by atoms with Gasteiger partial charge in [-0.05, 0) is 19.1 Å². The molecular formula is C12H14N4O2S. The molecule has 0 atom stereocenters. The molecule has 0 saturated carbocycles. The summed E-state index contributed by atoms with van der Waals surface area (Å²) in [6.07, 6.45) is 2.52. The smallest absolute Gasteiger partial charge is 0.313 e.